The van der Waals surface area contributed by atoms with Crippen LogP contribution < -0.4 is 0 Å². The Labute approximate surface area is 136 Å². The Balaban J connectivity index is 0. The Bertz CT molecular complexity index is 443. The molecule has 0 N–H and O–H groups in total. The van der Waals surface area contributed by atoms with Crippen molar-refractivity contribution >= 4 is 12.4 Å². The van der Waals surface area contributed by atoms with E-state index in [1.165, 1.54) is 0 Å². The second-order valence-electron chi connectivity index (χ2n) is 4.10. The van der Waals surface area contributed by atoms with Crippen LogP contribution in [0.3, 0.4) is 0 Å². The van der Waals surface area contributed by atoms with E-state index < -0.39 is 47.3 Å². The third-order valence-electron chi connectivity index (χ3n) is 2.51. The van der Waals surface area contributed by atoms with E-state index >= 15 is 0 Å². The highest BCUT2D eigenvalue weighted by atomic mass is 35.5. The molecular formula is C7HClF17N. The van der Waals surface area contributed by atoms with Crippen molar-refractivity contribution < 1.29 is 74.7 Å². The van der Waals surface area contributed by atoms with E-state index in [0.29, 0.717) is 0 Å². The molecule has 0 aromatic rings. The van der Waals surface area contributed by atoms with Gasteiger partial charge in [0, 0.05) is 0 Å². The fourth-order valence-electron chi connectivity index (χ4n) is 1.32. The summed E-state index contributed by atoms with van der Waals surface area (Å²) in [4.78, 5) is 0. The summed E-state index contributed by atoms with van der Waals surface area (Å²) >= 11 is 0. The van der Waals surface area contributed by atoms with Crippen molar-refractivity contribution in [1.82, 2.24) is 5.12 Å². The predicted molar refractivity (Wildman–Crippen MR) is 47.0 cm³/mol. The zero-order valence-electron chi connectivity index (χ0n) is 10.8. The monoisotopic (exact) mass is 457 g/mol. The maximum atomic E-state index is 13.0. The minimum absolute atomic E-state index is 0. The van der Waals surface area contributed by atoms with E-state index in [4.69, 9.17) is 0 Å². The normalized spacial score (nSPS) is 15.9. The summed E-state index contributed by atoms with van der Waals surface area (Å²) in [6.45, 7) is 0. The highest BCUT2D eigenvalue weighted by Crippen LogP contribution is 2.61. The van der Waals surface area contributed by atoms with Gasteiger partial charge >= 0.3 is 42.2 Å². The Kier molecular flexibility index (Phi) is 6.92. The van der Waals surface area contributed by atoms with Crippen LogP contribution in [0.5, 0.6) is 0 Å². The number of rotatable bonds is 3. The van der Waals surface area contributed by atoms with Crippen molar-refractivity contribution in [1.29, 1.82) is 0 Å². The molecule has 0 amide bonds. The first-order valence-electron chi connectivity index (χ1n) is 4.89. The average Bonchev–Trinajstić information content (AvgIpc) is 2.20. The molecule has 0 aromatic heterocycles. The minimum Gasteiger partial charge on any atom is -0.187 e. The summed E-state index contributed by atoms with van der Waals surface area (Å²) in [5.41, 5.74) is -8.38. The van der Waals surface area contributed by atoms with Crippen LogP contribution in [0.15, 0.2) is 0 Å². The molecule has 0 unspecified atom stereocenters. The van der Waals surface area contributed by atoms with E-state index in [0.717, 1.165) is 0 Å². The number of halogens is 18. The maximum Gasteiger partial charge on any atom is 0.461 e. The number of nitrogens with zero attached hydrogens (tertiary/aromatic N) is 1. The van der Waals surface area contributed by atoms with E-state index in [1.54, 1.807) is 0 Å². The Morgan fingerprint density at radius 2 is 0.654 bits per heavy atom. The zero-order valence-corrected chi connectivity index (χ0v) is 11.6. The third-order valence-corrected chi connectivity index (χ3v) is 2.51. The van der Waals surface area contributed by atoms with Gasteiger partial charge in [-0.25, -0.2) is 0 Å². The molecule has 0 aromatic carbocycles. The molecule has 0 rings (SSSR count). The van der Waals surface area contributed by atoms with Crippen molar-refractivity contribution in [3.05, 3.63) is 0 Å². The first-order valence-corrected chi connectivity index (χ1v) is 4.89. The van der Waals surface area contributed by atoms with Crippen LogP contribution in [-0.2, 0) is 0 Å². The molecule has 160 valence electrons. The minimum atomic E-state index is -8.38. The SMILES string of the molecule is Cl.FN(C(F)(F)C(F)(F)C(F)(F)F)C(C(F)(F)F)(C(F)(F)F)C(F)(F)F. The van der Waals surface area contributed by atoms with Gasteiger partial charge in [-0.3, -0.25) is 0 Å². The summed E-state index contributed by atoms with van der Waals surface area (Å²) in [7, 11) is 0. The van der Waals surface area contributed by atoms with Gasteiger partial charge in [0.2, 0.25) is 0 Å². The van der Waals surface area contributed by atoms with Crippen molar-refractivity contribution in [2.24, 2.45) is 0 Å². The van der Waals surface area contributed by atoms with Gasteiger partial charge in [0.15, 0.2) is 0 Å². The molecule has 0 atom stereocenters. The van der Waals surface area contributed by atoms with Crippen LogP contribution in [0.2, 0.25) is 0 Å². The van der Waals surface area contributed by atoms with Gasteiger partial charge in [-0.15, -0.1) is 16.9 Å². The zero-order chi connectivity index (χ0) is 21.1. The lowest BCUT2D eigenvalue weighted by Crippen LogP contribution is -2.78. The van der Waals surface area contributed by atoms with Crippen LogP contribution >= 0.6 is 12.4 Å². The summed E-state index contributed by atoms with van der Waals surface area (Å²) in [5.74, 6) is -8.07. The van der Waals surface area contributed by atoms with Gasteiger partial charge in [0.25, 0.3) is 0 Å². The average molecular weight is 458 g/mol. The molecular weight excluding hydrogens is 457 g/mol. The summed E-state index contributed by atoms with van der Waals surface area (Å²) in [5, 5.41) is -4.92. The van der Waals surface area contributed by atoms with Crippen molar-refractivity contribution in [3.8, 4) is 0 Å². The number of hydrogen-bond acceptors (Lipinski definition) is 1. The Morgan fingerprint density at radius 3 is 0.808 bits per heavy atom. The molecule has 0 aliphatic carbocycles. The largest absolute Gasteiger partial charge is 0.461 e. The molecule has 1 nitrogen and oxygen atoms in total. The lowest BCUT2D eigenvalue weighted by molar-refractivity contribution is -0.510. The highest BCUT2D eigenvalue weighted by Gasteiger charge is 2.93. The molecule has 0 saturated heterocycles. The van der Waals surface area contributed by atoms with Gasteiger partial charge in [0.05, 0.1) is 0 Å². The van der Waals surface area contributed by atoms with Crippen LogP contribution in [0.1, 0.15) is 0 Å². The smallest absolute Gasteiger partial charge is 0.187 e. The lowest BCUT2D eigenvalue weighted by atomic mass is 9.95. The predicted octanol–water partition coefficient (Wildman–Crippen LogP) is 5.81. The van der Waals surface area contributed by atoms with Gasteiger partial charge < -0.3 is 0 Å². The summed E-state index contributed by atoms with van der Waals surface area (Å²) in [6, 6.07) is -8.26. The van der Waals surface area contributed by atoms with Crippen LogP contribution in [0, 0.1) is 0 Å². The molecule has 0 fully saturated rings. The molecule has 0 aliphatic heterocycles. The second-order valence-corrected chi connectivity index (χ2v) is 4.10. The van der Waals surface area contributed by atoms with E-state index in [9.17, 15) is 74.7 Å². The van der Waals surface area contributed by atoms with E-state index in [2.05, 4.69) is 0 Å². The van der Waals surface area contributed by atoms with Crippen molar-refractivity contribution in [2.75, 3.05) is 0 Å². The van der Waals surface area contributed by atoms with Crippen LogP contribution in [0.4, 0.5) is 74.7 Å². The Morgan fingerprint density at radius 1 is 0.423 bits per heavy atom. The molecule has 26 heavy (non-hydrogen) atoms. The summed E-state index contributed by atoms with van der Waals surface area (Å²) in [6.07, 6.45) is -32.2. The molecule has 19 heteroatoms. The molecule has 0 saturated carbocycles. The first kappa shape index (κ1) is 27.3. The lowest BCUT2D eigenvalue weighted by Gasteiger charge is -2.45. The Hall–Kier alpha value is -0.940. The quantitative estimate of drug-likeness (QED) is 0.294. The van der Waals surface area contributed by atoms with Gasteiger partial charge in [-0.2, -0.15) is 70.2 Å². The molecule has 0 spiro atoms. The van der Waals surface area contributed by atoms with Crippen LogP contribution in [-0.4, -0.2) is 47.3 Å². The third kappa shape index (κ3) is 3.57. The van der Waals surface area contributed by atoms with Gasteiger partial charge in [-0.05, 0) is 5.12 Å². The van der Waals surface area contributed by atoms with E-state index in [-0.39, 0.29) is 12.4 Å². The maximum absolute atomic E-state index is 13.0. The van der Waals surface area contributed by atoms with Crippen molar-refractivity contribution in [2.45, 2.75) is 42.2 Å². The number of alkyl halides is 16. The standard InChI is InChI=1S/C7F17N.ClH/c8-2(9,6(19,20)21)7(22,23)25(24)1(3(10,11)12,4(13,14)15)5(16,17)18;/h;1H. The molecule has 0 bridgehead atoms. The second kappa shape index (κ2) is 6.59. The first-order chi connectivity index (χ1) is 10.4. The highest BCUT2D eigenvalue weighted by molar-refractivity contribution is 5.85. The van der Waals surface area contributed by atoms with Gasteiger partial charge in [-0.1, -0.05) is 0 Å². The number of hydrogen-bond donors (Lipinski definition) is 0. The van der Waals surface area contributed by atoms with Crippen molar-refractivity contribution in [3.63, 3.8) is 0 Å². The fourth-order valence-corrected chi connectivity index (χ4v) is 1.32. The topological polar surface area (TPSA) is 3.24 Å². The molecule has 0 radical (unpaired) electrons. The molecule has 0 aliphatic rings. The molecule has 0 heterocycles. The van der Waals surface area contributed by atoms with Gasteiger partial charge in [0.1, 0.15) is 0 Å². The van der Waals surface area contributed by atoms with Crippen LogP contribution in [0.25, 0.3) is 0 Å². The summed E-state index contributed by atoms with van der Waals surface area (Å²) < 4.78 is 209. The fraction of sp³-hybridized carbons (Fsp3) is 1.00. The van der Waals surface area contributed by atoms with E-state index in [1.807, 2.05) is 0 Å².